The van der Waals surface area contributed by atoms with Crippen LogP contribution in [0, 0.1) is 0 Å². The second-order valence-corrected chi connectivity index (χ2v) is 6.74. The van der Waals surface area contributed by atoms with Crippen LogP contribution in [0.15, 0.2) is 56.9 Å². The Morgan fingerprint density at radius 3 is 2.57 bits per heavy atom. The average molecular weight is 320 g/mol. The molecule has 1 aromatic carbocycles. The molecule has 106 valence electrons. The van der Waals surface area contributed by atoms with Crippen molar-refractivity contribution in [3.05, 3.63) is 53.7 Å². The Kier molecular flexibility index (Phi) is 3.26. The molecule has 0 aliphatic carbocycles. The lowest BCUT2D eigenvalue weighted by Crippen LogP contribution is -1.98. The Morgan fingerprint density at radius 1 is 1.14 bits per heavy atom. The summed E-state index contributed by atoms with van der Waals surface area (Å²) in [6.45, 7) is 0. The first kappa shape index (κ1) is 13.8. The Labute approximate surface area is 124 Å². The van der Waals surface area contributed by atoms with E-state index in [9.17, 15) is 13.2 Å². The summed E-state index contributed by atoms with van der Waals surface area (Å²) < 4.78 is 27.5. The van der Waals surface area contributed by atoms with Crippen molar-refractivity contribution in [2.75, 3.05) is 0 Å². The van der Waals surface area contributed by atoms with E-state index in [0.717, 1.165) is 11.8 Å². The molecule has 0 saturated heterocycles. The van der Waals surface area contributed by atoms with E-state index in [-0.39, 0.29) is 10.5 Å². The van der Waals surface area contributed by atoms with E-state index >= 15 is 0 Å². The van der Waals surface area contributed by atoms with Gasteiger partial charge in [-0.15, -0.1) is 0 Å². The average Bonchev–Trinajstić information content (AvgIpc) is 2.71. The van der Waals surface area contributed by atoms with Gasteiger partial charge in [0.05, 0.1) is 10.5 Å². The van der Waals surface area contributed by atoms with Crippen LogP contribution in [-0.2, 0) is 10.0 Å². The number of aromatic nitrogens is 1. The summed E-state index contributed by atoms with van der Waals surface area (Å²) in [6, 6.07) is 9.48. The van der Waals surface area contributed by atoms with Crippen LogP contribution < -0.4 is 0 Å². The minimum Gasteiger partial charge on any atom is -0.478 e. The first-order chi connectivity index (χ1) is 9.97. The fraction of sp³-hybridized carbons (Fsp3) is 0. The van der Waals surface area contributed by atoms with Crippen molar-refractivity contribution >= 4 is 32.8 Å². The molecule has 0 radical (unpaired) electrons. The van der Waals surface area contributed by atoms with E-state index in [1.807, 2.05) is 0 Å². The van der Waals surface area contributed by atoms with Gasteiger partial charge in [-0.2, -0.15) is 12.8 Å². The molecular weight excluding hydrogens is 312 g/mol. The van der Waals surface area contributed by atoms with Gasteiger partial charge in [-0.05, 0) is 30.0 Å². The summed E-state index contributed by atoms with van der Waals surface area (Å²) in [5.41, 5.74) is 0.604. The van der Waals surface area contributed by atoms with Crippen molar-refractivity contribution in [2.45, 2.75) is 9.92 Å². The number of rotatable bonds is 2. The molecule has 0 amide bonds. The lowest BCUT2D eigenvalue weighted by molar-refractivity contribution is 0.0696. The highest BCUT2D eigenvalue weighted by atomic mass is 32.2. The van der Waals surface area contributed by atoms with E-state index in [4.69, 9.17) is 5.11 Å². The fourth-order valence-corrected chi connectivity index (χ4v) is 4.16. The van der Waals surface area contributed by atoms with Crippen LogP contribution in [0.1, 0.15) is 15.9 Å². The second-order valence-electron chi connectivity index (χ2n) is 4.16. The SMILES string of the molecule is O=C(O)c1ccc(SC2=NS(=O)(=O)c3ccccc32)nc1. The van der Waals surface area contributed by atoms with Gasteiger partial charge in [-0.1, -0.05) is 18.2 Å². The number of carbonyl (C=O) groups is 1. The zero-order chi connectivity index (χ0) is 15.0. The molecule has 0 saturated carbocycles. The predicted octanol–water partition coefficient (Wildman–Crippen LogP) is 2.02. The highest BCUT2D eigenvalue weighted by molar-refractivity contribution is 8.15. The Balaban J connectivity index is 1.94. The first-order valence-corrected chi connectivity index (χ1v) is 8.04. The molecule has 8 heteroatoms. The number of pyridine rings is 1. The molecule has 6 nitrogen and oxygen atoms in total. The third-order valence-corrected chi connectivity index (χ3v) is 5.19. The Bertz CT molecular complexity index is 858. The molecule has 21 heavy (non-hydrogen) atoms. The Morgan fingerprint density at radius 2 is 1.90 bits per heavy atom. The van der Waals surface area contributed by atoms with Crippen molar-refractivity contribution in [3.8, 4) is 0 Å². The molecule has 0 spiro atoms. The van der Waals surface area contributed by atoms with Gasteiger partial charge in [0.1, 0.15) is 10.1 Å². The van der Waals surface area contributed by atoms with Crippen LogP contribution in [0.2, 0.25) is 0 Å². The highest BCUT2D eigenvalue weighted by Crippen LogP contribution is 2.33. The third kappa shape index (κ3) is 2.55. The summed E-state index contributed by atoms with van der Waals surface area (Å²) in [5, 5.41) is 9.62. The molecular formula is C13H8N2O4S2. The first-order valence-electron chi connectivity index (χ1n) is 5.79. The third-order valence-electron chi connectivity index (χ3n) is 2.78. The quantitative estimate of drug-likeness (QED) is 0.909. The second kappa shape index (κ2) is 4.97. The number of fused-ring (bicyclic) bond motifs is 1. The molecule has 1 aliphatic heterocycles. The van der Waals surface area contributed by atoms with Gasteiger partial charge >= 0.3 is 5.97 Å². The van der Waals surface area contributed by atoms with Gasteiger partial charge in [0.15, 0.2) is 0 Å². The molecule has 2 heterocycles. The highest BCUT2D eigenvalue weighted by Gasteiger charge is 2.29. The van der Waals surface area contributed by atoms with Gasteiger partial charge in [0.2, 0.25) is 0 Å². The van der Waals surface area contributed by atoms with E-state index in [0.29, 0.717) is 15.6 Å². The maximum Gasteiger partial charge on any atom is 0.337 e. The number of hydrogen-bond acceptors (Lipinski definition) is 5. The number of sulfonamides is 1. The fourth-order valence-electron chi connectivity index (χ4n) is 1.82. The maximum absolute atomic E-state index is 11.9. The normalized spacial score (nSPS) is 15.3. The summed E-state index contributed by atoms with van der Waals surface area (Å²) in [5.74, 6) is -1.06. The largest absolute Gasteiger partial charge is 0.478 e. The van der Waals surface area contributed by atoms with Crippen molar-refractivity contribution in [1.82, 2.24) is 4.98 Å². The minimum absolute atomic E-state index is 0.0701. The smallest absolute Gasteiger partial charge is 0.337 e. The molecule has 1 N–H and O–H groups in total. The number of carboxylic acid groups (broad SMARTS) is 1. The number of thioether (sulfide) groups is 1. The standard InChI is InChI=1S/C13H8N2O4S2/c16-13(17)8-5-6-11(14-7-8)20-12-9-3-1-2-4-10(9)21(18,19)15-12/h1-7H,(H,16,17). The maximum atomic E-state index is 11.9. The van der Waals surface area contributed by atoms with Crippen molar-refractivity contribution in [2.24, 2.45) is 4.40 Å². The van der Waals surface area contributed by atoms with E-state index in [2.05, 4.69) is 9.38 Å². The molecule has 0 atom stereocenters. The molecule has 0 bridgehead atoms. The monoisotopic (exact) mass is 320 g/mol. The topological polar surface area (TPSA) is 96.7 Å². The summed E-state index contributed by atoms with van der Waals surface area (Å²) >= 11 is 1.08. The van der Waals surface area contributed by atoms with Gasteiger partial charge in [0.25, 0.3) is 10.0 Å². The number of benzene rings is 1. The molecule has 0 fully saturated rings. The molecule has 3 rings (SSSR count). The number of aromatic carboxylic acids is 1. The van der Waals surface area contributed by atoms with Gasteiger partial charge in [-0.3, -0.25) is 0 Å². The van der Waals surface area contributed by atoms with Gasteiger partial charge in [-0.25, -0.2) is 9.78 Å². The van der Waals surface area contributed by atoms with E-state index in [1.165, 1.54) is 24.4 Å². The Hall–Kier alpha value is -2.19. The van der Waals surface area contributed by atoms with Crippen molar-refractivity contribution in [1.29, 1.82) is 0 Å². The number of hydrogen-bond donors (Lipinski definition) is 1. The zero-order valence-electron chi connectivity index (χ0n) is 10.4. The molecule has 1 aliphatic rings. The van der Waals surface area contributed by atoms with Crippen LogP contribution in [0.3, 0.4) is 0 Å². The number of carboxylic acids is 1. The van der Waals surface area contributed by atoms with E-state index in [1.54, 1.807) is 18.2 Å². The van der Waals surface area contributed by atoms with Crippen LogP contribution >= 0.6 is 11.8 Å². The lowest BCUT2D eigenvalue weighted by atomic mass is 10.2. The molecule has 1 aromatic heterocycles. The summed E-state index contributed by atoms with van der Waals surface area (Å²) in [4.78, 5) is 14.9. The van der Waals surface area contributed by atoms with Crippen LogP contribution in [0.4, 0.5) is 0 Å². The van der Waals surface area contributed by atoms with Crippen LogP contribution in [0.25, 0.3) is 0 Å². The van der Waals surface area contributed by atoms with Crippen LogP contribution in [0.5, 0.6) is 0 Å². The minimum atomic E-state index is -3.65. The van der Waals surface area contributed by atoms with Crippen molar-refractivity contribution < 1.29 is 18.3 Å². The zero-order valence-corrected chi connectivity index (χ0v) is 12.1. The van der Waals surface area contributed by atoms with Gasteiger partial charge in [0, 0.05) is 11.8 Å². The molecule has 2 aromatic rings. The summed E-state index contributed by atoms with van der Waals surface area (Å²) in [7, 11) is -3.65. The van der Waals surface area contributed by atoms with E-state index < -0.39 is 16.0 Å². The number of nitrogens with zero attached hydrogens (tertiary/aromatic N) is 2. The summed E-state index contributed by atoms with van der Waals surface area (Å²) in [6.07, 6.45) is 1.22. The predicted molar refractivity (Wildman–Crippen MR) is 77.2 cm³/mol. The van der Waals surface area contributed by atoms with Crippen LogP contribution in [-0.4, -0.2) is 29.5 Å². The lowest BCUT2D eigenvalue weighted by Gasteiger charge is -2.01. The van der Waals surface area contributed by atoms with Crippen molar-refractivity contribution in [3.63, 3.8) is 0 Å². The van der Waals surface area contributed by atoms with Gasteiger partial charge < -0.3 is 5.11 Å². The molecule has 0 unspecified atom stereocenters.